The van der Waals surface area contributed by atoms with Gasteiger partial charge in [0.2, 0.25) is 0 Å². The van der Waals surface area contributed by atoms with E-state index in [1.165, 1.54) is 5.19 Å². The average molecular weight is 596 g/mol. The maximum atomic E-state index is 11.0. The Bertz CT molecular complexity index is 2210. The minimum Gasteiger partial charge on any atom is -0.507 e. The molecule has 0 radical (unpaired) electrons. The van der Waals surface area contributed by atoms with Gasteiger partial charge >= 0.3 is 0 Å². The van der Waals surface area contributed by atoms with Crippen LogP contribution in [0.5, 0.6) is 5.75 Å². The van der Waals surface area contributed by atoms with Crippen LogP contribution in [0.4, 0.5) is 0 Å². The summed E-state index contributed by atoms with van der Waals surface area (Å²) in [5, 5.41) is 14.4. The summed E-state index contributed by atoms with van der Waals surface area (Å²) in [5.41, 5.74) is 9.20. The van der Waals surface area contributed by atoms with Crippen molar-refractivity contribution in [1.82, 2.24) is 14.5 Å². The molecule has 3 aromatic heterocycles. The topological polar surface area (TPSA) is 64.1 Å². The molecular formula is C38H37N3O2Si. The molecule has 4 aromatic carbocycles. The fourth-order valence-electron chi connectivity index (χ4n) is 6.04. The van der Waals surface area contributed by atoms with E-state index in [9.17, 15) is 5.11 Å². The fraction of sp³-hybridized carbons (Fsp3) is 0.211. The van der Waals surface area contributed by atoms with Crippen LogP contribution in [0.1, 0.15) is 26.3 Å². The summed E-state index contributed by atoms with van der Waals surface area (Å²) in [6.45, 7) is 13.5. The lowest BCUT2D eigenvalue weighted by atomic mass is 9.86. The minimum absolute atomic E-state index is 0.0627. The number of aryl methyl sites for hydroxylation is 1. The van der Waals surface area contributed by atoms with Gasteiger partial charge in [-0.1, -0.05) is 82.9 Å². The monoisotopic (exact) mass is 595 g/mol. The predicted octanol–water partition coefficient (Wildman–Crippen LogP) is 9.42. The van der Waals surface area contributed by atoms with Crippen molar-refractivity contribution in [2.75, 3.05) is 0 Å². The van der Waals surface area contributed by atoms with Crippen molar-refractivity contribution in [2.45, 2.75) is 45.8 Å². The fourth-order valence-corrected chi connectivity index (χ4v) is 7.07. The van der Waals surface area contributed by atoms with Gasteiger partial charge in [0, 0.05) is 40.7 Å². The maximum Gasteiger partial charge on any atom is 0.144 e. The summed E-state index contributed by atoms with van der Waals surface area (Å²) in [7, 11) is 0.533. The van der Waals surface area contributed by atoms with E-state index in [0.717, 1.165) is 72.3 Å². The molecule has 0 fully saturated rings. The van der Waals surface area contributed by atoms with E-state index in [1.54, 1.807) is 6.07 Å². The van der Waals surface area contributed by atoms with Crippen molar-refractivity contribution in [3.8, 4) is 39.5 Å². The first-order chi connectivity index (χ1) is 20.9. The highest BCUT2D eigenvalue weighted by Gasteiger charge is 2.23. The molecule has 0 aliphatic carbocycles. The van der Waals surface area contributed by atoms with E-state index in [0.29, 0.717) is 0 Å². The van der Waals surface area contributed by atoms with Gasteiger partial charge in [-0.05, 0) is 58.6 Å². The Labute approximate surface area is 258 Å². The summed E-state index contributed by atoms with van der Waals surface area (Å²) < 4.78 is 8.61. The van der Waals surface area contributed by atoms with Crippen LogP contribution < -0.4 is 5.19 Å². The number of pyridine rings is 1. The normalized spacial score (nSPS) is 12.5. The van der Waals surface area contributed by atoms with Gasteiger partial charge in [-0.15, -0.1) is 0 Å². The zero-order valence-electron chi connectivity index (χ0n) is 26.4. The number of phenols is 1. The number of fused-ring (bicyclic) bond motifs is 4. The number of para-hydroxylation sites is 2. The van der Waals surface area contributed by atoms with Gasteiger partial charge in [-0.3, -0.25) is 4.98 Å². The molecule has 220 valence electrons. The molecule has 5 nitrogen and oxygen atoms in total. The highest BCUT2D eigenvalue weighted by atomic mass is 28.3. The molecule has 0 saturated heterocycles. The van der Waals surface area contributed by atoms with Gasteiger partial charge in [0.25, 0.3) is 0 Å². The Morgan fingerprint density at radius 1 is 0.795 bits per heavy atom. The first-order valence-corrected chi connectivity index (χ1v) is 18.6. The summed E-state index contributed by atoms with van der Waals surface area (Å²) in [6.07, 6.45) is 2.04. The number of furan rings is 1. The number of hydrogen-bond acceptors (Lipinski definition) is 4. The van der Waals surface area contributed by atoms with E-state index in [2.05, 4.69) is 106 Å². The molecule has 0 saturated carbocycles. The first-order valence-electron chi connectivity index (χ1n) is 15.1. The van der Waals surface area contributed by atoms with Gasteiger partial charge < -0.3 is 14.1 Å². The lowest BCUT2D eigenvalue weighted by molar-refractivity contribution is 0.475. The van der Waals surface area contributed by atoms with Gasteiger partial charge in [0.05, 0.1) is 30.4 Å². The number of aromatic hydroxyl groups is 1. The third kappa shape index (κ3) is 4.61. The Morgan fingerprint density at radius 2 is 1.59 bits per heavy atom. The third-order valence-corrected chi connectivity index (χ3v) is 10.7. The highest BCUT2D eigenvalue weighted by molar-refractivity contribution is 6.88. The van der Waals surface area contributed by atoms with E-state index >= 15 is 0 Å². The number of hydrogen-bond donors (Lipinski definition) is 1. The molecule has 6 heteroatoms. The second-order valence-corrected chi connectivity index (χ2v) is 18.9. The summed E-state index contributed by atoms with van der Waals surface area (Å²) in [6, 6.07) is 29.0. The first kappa shape index (κ1) is 28.1. The zero-order chi connectivity index (χ0) is 31.0. The van der Waals surface area contributed by atoms with Crippen molar-refractivity contribution in [3.05, 3.63) is 96.7 Å². The predicted molar refractivity (Wildman–Crippen MR) is 185 cm³/mol. The van der Waals surface area contributed by atoms with E-state index < -0.39 is 8.07 Å². The van der Waals surface area contributed by atoms with Crippen molar-refractivity contribution < 1.29 is 9.52 Å². The number of aromatic nitrogens is 3. The molecule has 7 aromatic rings. The SMILES string of the molecule is Cn1c(-c2cc(C(C)(C)C)ccc2O)nc2c(-c3cc(-c4ccc([Si](C)(C)C)cn4)cc4c3oc3ccccc34)cccc21. The van der Waals surface area contributed by atoms with Crippen LogP contribution in [0, 0.1) is 0 Å². The molecule has 0 spiro atoms. The second kappa shape index (κ2) is 9.93. The quantitative estimate of drug-likeness (QED) is 0.206. The lowest BCUT2D eigenvalue weighted by Gasteiger charge is -2.20. The largest absolute Gasteiger partial charge is 0.507 e. The smallest absolute Gasteiger partial charge is 0.144 e. The lowest BCUT2D eigenvalue weighted by Crippen LogP contribution is -2.37. The van der Waals surface area contributed by atoms with E-state index in [-0.39, 0.29) is 11.2 Å². The number of benzene rings is 4. The highest BCUT2D eigenvalue weighted by Crippen LogP contribution is 2.42. The Hall–Kier alpha value is -4.68. The molecule has 0 aliphatic rings. The molecule has 0 unspecified atom stereocenters. The van der Waals surface area contributed by atoms with Crippen molar-refractivity contribution in [3.63, 3.8) is 0 Å². The summed E-state index contributed by atoms with van der Waals surface area (Å²) in [4.78, 5) is 10.1. The van der Waals surface area contributed by atoms with E-state index in [4.69, 9.17) is 14.4 Å². The molecule has 1 N–H and O–H groups in total. The molecular weight excluding hydrogens is 559 g/mol. The van der Waals surface area contributed by atoms with Gasteiger partial charge in [-0.25, -0.2) is 4.98 Å². The van der Waals surface area contributed by atoms with Crippen molar-refractivity contribution >= 4 is 46.2 Å². The van der Waals surface area contributed by atoms with Crippen molar-refractivity contribution in [2.24, 2.45) is 7.05 Å². The second-order valence-electron chi connectivity index (χ2n) is 13.8. The molecule has 0 atom stereocenters. The number of rotatable bonds is 4. The molecule has 0 aliphatic heterocycles. The van der Waals surface area contributed by atoms with Crippen molar-refractivity contribution in [1.29, 1.82) is 0 Å². The van der Waals surface area contributed by atoms with Crippen LogP contribution in [0.15, 0.2) is 95.5 Å². The average Bonchev–Trinajstić information content (AvgIpc) is 3.53. The van der Waals surface area contributed by atoms with Gasteiger partial charge in [0.15, 0.2) is 0 Å². The van der Waals surface area contributed by atoms with Crippen LogP contribution in [0.2, 0.25) is 19.6 Å². The Kier molecular flexibility index (Phi) is 6.34. The molecule has 44 heavy (non-hydrogen) atoms. The number of imidazole rings is 1. The standard InChI is InChI=1S/C38H37N3O2Si/c1-38(2,3)24-15-18-33(42)30(21-24)37-40-35-27(12-10-13-32(35)41(37)4)29-20-23(31-17-16-25(22-39-31)44(5,6)7)19-28-26-11-8-9-14-34(26)43-36(28)29/h8-22,42H,1-7H3. The number of nitrogens with zero attached hydrogens (tertiary/aromatic N) is 3. The maximum absolute atomic E-state index is 11.0. The summed E-state index contributed by atoms with van der Waals surface area (Å²) >= 11 is 0. The van der Waals surface area contributed by atoms with Crippen LogP contribution in [-0.2, 0) is 12.5 Å². The Balaban J connectivity index is 1.49. The molecule has 0 amide bonds. The number of phenolic OH excluding ortho intramolecular Hbond substituents is 1. The summed E-state index contributed by atoms with van der Waals surface area (Å²) in [5.74, 6) is 0.934. The third-order valence-electron chi connectivity index (χ3n) is 8.71. The molecule has 7 rings (SSSR count). The van der Waals surface area contributed by atoms with Crippen LogP contribution in [0.3, 0.4) is 0 Å². The Morgan fingerprint density at radius 3 is 2.32 bits per heavy atom. The van der Waals surface area contributed by atoms with E-state index in [1.807, 2.05) is 31.4 Å². The van der Waals surface area contributed by atoms with Crippen LogP contribution >= 0.6 is 0 Å². The zero-order valence-corrected chi connectivity index (χ0v) is 27.4. The molecule has 3 heterocycles. The van der Waals surface area contributed by atoms with Gasteiger partial charge in [0.1, 0.15) is 22.7 Å². The van der Waals surface area contributed by atoms with Gasteiger partial charge in [-0.2, -0.15) is 0 Å². The van der Waals surface area contributed by atoms with Crippen LogP contribution in [-0.4, -0.2) is 27.7 Å². The molecule has 0 bridgehead atoms. The van der Waals surface area contributed by atoms with Crippen LogP contribution in [0.25, 0.3) is 66.7 Å². The minimum atomic E-state index is -1.48.